The molecule has 1 saturated heterocycles. The molecule has 1 fully saturated rings. The predicted molar refractivity (Wildman–Crippen MR) is 49.8 cm³/mol. The van der Waals surface area contributed by atoms with Crippen LogP contribution in [0.15, 0.2) is 0 Å². The first-order valence-electron chi connectivity index (χ1n) is 4.89. The van der Waals surface area contributed by atoms with Gasteiger partial charge < -0.3 is 4.74 Å². The van der Waals surface area contributed by atoms with Crippen LogP contribution in [0.5, 0.6) is 0 Å². The Morgan fingerprint density at radius 1 is 1.36 bits per heavy atom. The molecule has 3 atom stereocenters. The minimum absolute atomic E-state index is 0.555. The molecule has 1 heterocycles. The molecular weight excluding hydrogens is 136 g/mol. The van der Waals surface area contributed by atoms with Gasteiger partial charge in [-0.1, -0.05) is 34.1 Å². The molecule has 11 heavy (non-hydrogen) atoms. The van der Waals surface area contributed by atoms with E-state index in [1.807, 2.05) is 13.8 Å². The van der Waals surface area contributed by atoms with Crippen molar-refractivity contribution in [1.82, 2.24) is 0 Å². The zero-order chi connectivity index (χ0) is 8.85. The van der Waals surface area contributed by atoms with Gasteiger partial charge >= 0.3 is 0 Å². The first kappa shape index (κ1) is 11.0. The van der Waals surface area contributed by atoms with Gasteiger partial charge in [0.1, 0.15) is 0 Å². The molecule has 0 bridgehead atoms. The highest BCUT2D eigenvalue weighted by Crippen LogP contribution is 2.28. The van der Waals surface area contributed by atoms with Gasteiger partial charge in [0.15, 0.2) is 0 Å². The van der Waals surface area contributed by atoms with E-state index in [2.05, 4.69) is 20.8 Å². The zero-order valence-electron chi connectivity index (χ0n) is 8.55. The molecule has 0 spiro atoms. The normalized spacial score (nSPS) is 30.3. The molecule has 0 N–H and O–H groups in total. The van der Waals surface area contributed by atoms with E-state index in [0.29, 0.717) is 12.2 Å². The van der Waals surface area contributed by atoms with Crippen molar-refractivity contribution < 1.29 is 4.74 Å². The second-order valence-electron chi connectivity index (χ2n) is 3.13. The first-order valence-corrected chi connectivity index (χ1v) is 4.89. The molecule has 1 heteroatoms. The summed E-state index contributed by atoms with van der Waals surface area (Å²) in [6.07, 6.45) is 3.70. The van der Waals surface area contributed by atoms with Crippen LogP contribution in [0.25, 0.3) is 0 Å². The van der Waals surface area contributed by atoms with Crippen LogP contribution in [0.2, 0.25) is 0 Å². The van der Waals surface area contributed by atoms with Crippen molar-refractivity contribution in [3.8, 4) is 0 Å². The smallest absolute Gasteiger partial charge is 0.0841 e. The Morgan fingerprint density at radius 3 is 2.09 bits per heavy atom. The van der Waals surface area contributed by atoms with Crippen molar-refractivity contribution in [1.29, 1.82) is 0 Å². The molecule has 0 aromatic carbocycles. The van der Waals surface area contributed by atoms with Crippen LogP contribution < -0.4 is 0 Å². The van der Waals surface area contributed by atoms with Crippen molar-refractivity contribution in [2.24, 2.45) is 5.92 Å². The highest BCUT2D eigenvalue weighted by molar-refractivity contribution is 4.81. The average molecular weight is 158 g/mol. The Kier molecular flexibility index (Phi) is 5.57. The standard InChI is InChI=1S/C8H16O.C2H6/c1-4-6(2)5-8-7(3)9-8;1-2/h6-8H,4-5H2,1-3H3;1-2H3. The van der Waals surface area contributed by atoms with Gasteiger partial charge in [-0.2, -0.15) is 0 Å². The van der Waals surface area contributed by atoms with Crippen molar-refractivity contribution in [3.63, 3.8) is 0 Å². The molecule has 1 aliphatic rings. The molecule has 1 aliphatic heterocycles. The van der Waals surface area contributed by atoms with Crippen LogP contribution in [0.1, 0.15) is 47.5 Å². The van der Waals surface area contributed by atoms with Gasteiger partial charge in [0, 0.05) is 0 Å². The van der Waals surface area contributed by atoms with Crippen LogP contribution in [-0.2, 0) is 4.74 Å². The molecule has 68 valence electrons. The van der Waals surface area contributed by atoms with E-state index in [-0.39, 0.29) is 0 Å². The Hall–Kier alpha value is -0.0400. The van der Waals surface area contributed by atoms with Gasteiger partial charge in [-0.25, -0.2) is 0 Å². The molecule has 0 aliphatic carbocycles. The maximum absolute atomic E-state index is 5.29. The predicted octanol–water partition coefficient (Wildman–Crippen LogP) is 3.24. The van der Waals surface area contributed by atoms with E-state index in [0.717, 1.165) is 5.92 Å². The second-order valence-corrected chi connectivity index (χ2v) is 3.13. The van der Waals surface area contributed by atoms with Crippen LogP contribution in [0, 0.1) is 5.92 Å². The van der Waals surface area contributed by atoms with Gasteiger partial charge in [0.2, 0.25) is 0 Å². The third kappa shape index (κ3) is 4.41. The summed E-state index contributed by atoms with van der Waals surface area (Å²) < 4.78 is 5.29. The molecule has 3 unspecified atom stereocenters. The number of hydrogen-bond donors (Lipinski definition) is 0. The first-order chi connectivity index (χ1) is 5.24. The monoisotopic (exact) mass is 158 g/mol. The lowest BCUT2D eigenvalue weighted by Gasteiger charge is -2.03. The van der Waals surface area contributed by atoms with E-state index in [1.54, 1.807) is 0 Å². The molecule has 1 nitrogen and oxygen atoms in total. The van der Waals surface area contributed by atoms with Gasteiger partial charge in [0.05, 0.1) is 12.2 Å². The average Bonchev–Trinajstić information content (AvgIpc) is 2.70. The summed E-state index contributed by atoms with van der Waals surface area (Å²) >= 11 is 0. The molecule has 0 aromatic rings. The second kappa shape index (κ2) is 5.59. The third-order valence-corrected chi connectivity index (χ3v) is 2.17. The lowest BCUT2D eigenvalue weighted by atomic mass is 10.0. The maximum atomic E-state index is 5.29. The van der Waals surface area contributed by atoms with E-state index in [1.165, 1.54) is 12.8 Å². The largest absolute Gasteiger partial charge is 0.370 e. The molecular formula is C10H22O. The summed E-state index contributed by atoms with van der Waals surface area (Å²) in [5, 5.41) is 0. The van der Waals surface area contributed by atoms with Crippen LogP contribution in [0.4, 0.5) is 0 Å². The maximum Gasteiger partial charge on any atom is 0.0841 e. The summed E-state index contributed by atoms with van der Waals surface area (Å²) in [5.41, 5.74) is 0. The Morgan fingerprint density at radius 2 is 1.82 bits per heavy atom. The summed E-state index contributed by atoms with van der Waals surface area (Å²) in [4.78, 5) is 0. The minimum atomic E-state index is 0.555. The van der Waals surface area contributed by atoms with Gasteiger partial charge in [-0.15, -0.1) is 0 Å². The Labute approximate surface area is 71.1 Å². The van der Waals surface area contributed by atoms with E-state index in [4.69, 9.17) is 4.74 Å². The number of rotatable bonds is 3. The summed E-state index contributed by atoms with van der Waals surface area (Å²) in [7, 11) is 0. The van der Waals surface area contributed by atoms with Crippen molar-refractivity contribution in [2.75, 3.05) is 0 Å². The van der Waals surface area contributed by atoms with E-state index >= 15 is 0 Å². The van der Waals surface area contributed by atoms with Gasteiger partial charge in [-0.05, 0) is 19.3 Å². The highest BCUT2D eigenvalue weighted by Gasteiger charge is 2.34. The summed E-state index contributed by atoms with van der Waals surface area (Å²) in [6.45, 7) is 10.7. The molecule has 0 aromatic heterocycles. The Bertz CT molecular complexity index is 88.9. The minimum Gasteiger partial charge on any atom is -0.370 e. The SMILES string of the molecule is CC.CCC(C)CC1OC1C. The number of hydrogen-bond acceptors (Lipinski definition) is 1. The van der Waals surface area contributed by atoms with Gasteiger partial charge in [0.25, 0.3) is 0 Å². The number of epoxide rings is 1. The summed E-state index contributed by atoms with van der Waals surface area (Å²) in [6, 6.07) is 0. The van der Waals surface area contributed by atoms with Gasteiger partial charge in [-0.3, -0.25) is 0 Å². The van der Waals surface area contributed by atoms with E-state index in [9.17, 15) is 0 Å². The van der Waals surface area contributed by atoms with Crippen molar-refractivity contribution in [2.45, 2.75) is 59.7 Å². The quantitative estimate of drug-likeness (QED) is 0.574. The summed E-state index contributed by atoms with van der Waals surface area (Å²) in [5.74, 6) is 0.847. The number of ether oxygens (including phenoxy) is 1. The highest BCUT2D eigenvalue weighted by atomic mass is 16.6. The Balaban J connectivity index is 0.000000461. The van der Waals surface area contributed by atoms with Crippen molar-refractivity contribution >= 4 is 0 Å². The molecule has 0 amide bonds. The lowest BCUT2D eigenvalue weighted by molar-refractivity contribution is 0.343. The third-order valence-electron chi connectivity index (χ3n) is 2.17. The van der Waals surface area contributed by atoms with Crippen LogP contribution in [0.3, 0.4) is 0 Å². The fourth-order valence-electron chi connectivity index (χ4n) is 1.04. The lowest BCUT2D eigenvalue weighted by Crippen LogP contribution is -1.98. The van der Waals surface area contributed by atoms with Crippen LogP contribution in [-0.4, -0.2) is 12.2 Å². The van der Waals surface area contributed by atoms with Crippen LogP contribution >= 0.6 is 0 Å². The molecule has 0 radical (unpaired) electrons. The fraction of sp³-hybridized carbons (Fsp3) is 1.00. The topological polar surface area (TPSA) is 12.5 Å². The molecule has 0 saturated carbocycles. The molecule has 1 rings (SSSR count). The van der Waals surface area contributed by atoms with E-state index < -0.39 is 0 Å². The fourth-order valence-corrected chi connectivity index (χ4v) is 1.04. The zero-order valence-corrected chi connectivity index (χ0v) is 8.55. The van der Waals surface area contributed by atoms with Crippen molar-refractivity contribution in [3.05, 3.63) is 0 Å².